The maximum atomic E-state index is 12.3. The van der Waals surface area contributed by atoms with Crippen LogP contribution >= 0.6 is 0 Å². The van der Waals surface area contributed by atoms with Crippen molar-refractivity contribution >= 4 is 22.6 Å². The van der Waals surface area contributed by atoms with Gasteiger partial charge in [-0.1, -0.05) is 12.1 Å². The summed E-state index contributed by atoms with van der Waals surface area (Å²) in [6, 6.07) is 14.5. The molecule has 4 aromatic rings. The van der Waals surface area contributed by atoms with Crippen molar-refractivity contribution in [2.45, 2.75) is 0 Å². The molecule has 0 aliphatic carbocycles. The van der Waals surface area contributed by atoms with Gasteiger partial charge in [0.1, 0.15) is 12.0 Å². The minimum atomic E-state index is -0.316. The summed E-state index contributed by atoms with van der Waals surface area (Å²) in [7, 11) is 0. The molecule has 0 spiro atoms. The lowest BCUT2D eigenvalue weighted by atomic mass is 10.2. The number of anilines is 1. The topological polar surface area (TPSA) is 98.5 Å². The molecular formula is C16H11N7O. The second-order valence-electron chi connectivity index (χ2n) is 5.00. The highest BCUT2D eigenvalue weighted by atomic mass is 16.1. The van der Waals surface area contributed by atoms with Crippen LogP contribution in [-0.2, 0) is 0 Å². The molecule has 2 aromatic carbocycles. The van der Waals surface area contributed by atoms with E-state index in [4.69, 9.17) is 0 Å². The molecule has 2 aromatic heterocycles. The second-order valence-corrected chi connectivity index (χ2v) is 5.00. The SMILES string of the molecule is O=C(Nc1ccc(-n2cnnn2)cc1)c1cnc2ccccc2n1. The molecule has 0 fully saturated rings. The number of tetrazole rings is 1. The van der Waals surface area contributed by atoms with Gasteiger partial charge in [0.15, 0.2) is 0 Å². The van der Waals surface area contributed by atoms with Gasteiger partial charge in [0, 0.05) is 5.69 Å². The molecule has 1 amide bonds. The fraction of sp³-hybridized carbons (Fsp3) is 0. The van der Waals surface area contributed by atoms with Crippen LogP contribution in [0.4, 0.5) is 5.69 Å². The number of aromatic nitrogens is 6. The fourth-order valence-electron chi connectivity index (χ4n) is 2.24. The van der Waals surface area contributed by atoms with Gasteiger partial charge in [-0.05, 0) is 46.8 Å². The van der Waals surface area contributed by atoms with Crippen LogP contribution in [0.5, 0.6) is 0 Å². The molecule has 1 N–H and O–H groups in total. The number of hydrogen-bond donors (Lipinski definition) is 1. The fourth-order valence-corrected chi connectivity index (χ4v) is 2.24. The first-order valence-corrected chi connectivity index (χ1v) is 7.16. The van der Waals surface area contributed by atoms with E-state index in [-0.39, 0.29) is 11.6 Å². The number of hydrogen-bond acceptors (Lipinski definition) is 6. The number of nitrogens with zero attached hydrogens (tertiary/aromatic N) is 6. The van der Waals surface area contributed by atoms with Gasteiger partial charge < -0.3 is 5.32 Å². The van der Waals surface area contributed by atoms with E-state index in [1.165, 1.54) is 17.2 Å². The smallest absolute Gasteiger partial charge is 0.275 e. The van der Waals surface area contributed by atoms with Gasteiger partial charge in [-0.2, -0.15) is 0 Å². The molecule has 0 aliphatic heterocycles. The highest BCUT2D eigenvalue weighted by Crippen LogP contribution is 2.14. The lowest BCUT2D eigenvalue weighted by molar-refractivity contribution is 0.102. The summed E-state index contributed by atoms with van der Waals surface area (Å²) in [5, 5.41) is 13.8. The molecule has 116 valence electrons. The Hall–Kier alpha value is -3.68. The van der Waals surface area contributed by atoms with Crippen molar-refractivity contribution in [1.29, 1.82) is 0 Å². The van der Waals surface area contributed by atoms with Gasteiger partial charge in [-0.15, -0.1) is 5.10 Å². The first-order chi connectivity index (χ1) is 11.8. The van der Waals surface area contributed by atoms with Crippen molar-refractivity contribution in [3.8, 4) is 5.69 Å². The zero-order chi connectivity index (χ0) is 16.4. The average molecular weight is 317 g/mol. The second kappa shape index (κ2) is 5.84. The van der Waals surface area contributed by atoms with Crippen LogP contribution in [0.2, 0.25) is 0 Å². The van der Waals surface area contributed by atoms with Crippen molar-refractivity contribution in [3.05, 3.63) is 66.7 Å². The van der Waals surface area contributed by atoms with Crippen LogP contribution in [0.3, 0.4) is 0 Å². The molecule has 8 heteroatoms. The highest BCUT2D eigenvalue weighted by molar-refractivity contribution is 6.03. The van der Waals surface area contributed by atoms with E-state index in [9.17, 15) is 4.79 Å². The Balaban J connectivity index is 1.54. The van der Waals surface area contributed by atoms with Crippen LogP contribution in [-0.4, -0.2) is 36.1 Å². The van der Waals surface area contributed by atoms with Crippen molar-refractivity contribution in [2.75, 3.05) is 5.32 Å². The monoisotopic (exact) mass is 317 g/mol. The summed E-state index contributed by atoms with van der Waals surface area (Å²) in [6.45, 7) is 0. The third kappa shape index (κ3) is 2.68. The van der Waals surface area contributed by atoms with E-state index in [1.807, 2.05) is 24.3 Å². The van der Waals surface area contributed by atoms with E-state index >= 15 is 0 Å². The zero-order valence-electron chi connectivity index (χ0n) is 12.4. The predicted molar refractivity (Wildman–Crippen MR) is 86.6 cm³/mol. The molecule has 0 aliphatic rings. The lowest BCUT2D eigenvalue weighted by Crippen LogP contribution is -2.14. The maximum absolute atomic E-state index is 12.3. The molecule has 0 saturated carbocycles. The summed E-state index contributed by atoms with van der Waals surface area (Å²) in [6.07, 6.45) is 2.96. The maximum Gasteiger partial charge on any atom is 0.275 e. The molecular weight excluding hydrogens is 306 g/mol. The third-order valence-corrected chi connectivity index (χ3v) is 3.42. The molecule has 24 heavy (non-hydrogen) atoms. The first kappa shape index (κ1) is 13.9. The molecule has 4 rings (SSSR count). The van der Waals surface area contributed by atoms with Crippen LogP contribution in [0, 0.1) is 0 Å². The number of carbonyl (C=O) groups excluding carboxylic acids is 1. The number of rotatable bonds is 3. The summed E-state index contributed by atoms with van der Waals surface area (Å²) in [5.74, 6) is -0.316. The Bertz CT molecular complexity index is 997. The Labute approximate surface area is 136 Å². The molecule has 0 bridgehead atoms. The van der Waals surface area contributed by atoms with E-state index in [1.54, 1.807) is 24.3 Å². The zero-order valence-corrected chi connectivity index (χ0v) is 12.4. The minimum absolute atomic E-state index is 0.262. The highest BCUT2D eigenvalue weighted by Gasteiger charge is 2.09. The largest absolute Gasteiger partial charge is 0.321 e. The van der Waals surface area contributed by atoms with Gasteiger partial charge in [0.2, 0.25) is 0 Å². The Morgan fingerprint density at radius 1 is 1.00 bits per heavy atom. The van der Waals surface area contributed by atoms with E-state index in [0.717, 1.165) is 11.2 Å². The van der Waals surface area contributed by atoms with Gasteiger partial charge in [0.25, 0.3) is 5.91 Å². The van der Waals surface area contributed by atoms with Crippen molar-refractivity contribution < 1.29 is 4.79 Å². The standard InChI is InChI=1S/C16H11N7O/c24-16(15-9-17-13-3-1-2-4-14(13)20-15)19-11-5-7-12(8-6-11)23-10-18-21-22-23/h1-10H,(H,19,24). The molecule has 0 saturated heterocycles. The van der Waals surface area contributed by atoms with E-state index < -0.39 is 0 Å². The molecule has 0 unspecified atom stereocenters. The van der Waals surface area contributed by atoms with E-state index in [0.29, 0.717) is 11.2 Å². The third-order valence-electron chi connectivity index (χ3n) is 3.42. The van der Waals surface area contributed by atoms with Gasteiger partial charge >= 0.3 is 0 Å². The quantitative estimate of drug-likeness (QED) is 0.619. The number of para-hydroxylation sites is 2. The summed E-state index contributed by atoms with van der Waals surface area (Å²) >= 11 is 0. The number of carbonyl (C=O) groups is 1. The Morgan fingerprint density at radius 3 is 2.54 bits per heavy atom. The number of fused-ring (bicyclic) bond motifs is 1. The Kier molecular flexibility index (Phi) is 3.39. The predicted octanol–water partition coefficient (Wildman–Crippen LogP) is 1.86. The number of amides is 1. The van der Waals surface area contributed by atoms with Gasteiger partial charge in [0.05, 0.1) is 22.9 Å². The van der Waals surface area contributed by atoms with Crippen LogP contribution < -0.4 is 5.32 Å². The van der Waals surface area contributed by atoms with Crippen LogP contribution in [0.15, 0.2) is 61.1 Å². The van der Waals surface area contributed by atoms with Gasteiger partial charge in [-0.25, -0.2) is 9.67 Å². The summed E-state index contributed by atoms with van der Waals surface area (Å²) in [4.78, 5) is 20.9. The van der Waals surface area contributed by atoms with Crippen molar-refractivity contribution in [2.24, 2.45) is 0 Å². The van der Waals surface area contributed by atoms with Crippen molar-refractivity contribution in [1.82, 2.24) is 30.2 Å². The molecule has 0 atom stereocenters. The van der Waals surface area contributed by atoms with Gasteiger partial charge in [-0.3, -0.25) is 9.78 Å². The number of nitrogens with one attached hydrogen (secondary N) is 1. The van der Waals surface area contributed by atoms with Crippen molar-refractivity contribution in [3.63, 3.8) is 0 Å². The Morgan fingerprint density at radius 2 is 1.79 bits per heavy atom. The van der Waals surface area contributed by atoms with Crippen LogP contribution in [0.25, 0.3) is 16.7 Å². The minimum Gasteiger partial charge on any atom is -0.321 e. The normalized spacial score (nSPS) is 10.7. The molecule has 2 heterocycles. The summed E-state index contributed by atoms with van der Waals surface area (Å²) < 4.78 is 1.53. The average Bonchev–Trinajstić information content (AvgIpc) is 3.16. The van der Waals surface area contributed by atoms with E-state index in [2.05, 4.69) is 30.8 Å². The lowest BCUT2D eigenvalue weighted by Gasteiger charge is -2.06. The molecule has 8 nitrogen and oxygen atoms in total. The first-order valence-electron chi connectivity index (χ1n) is 7.16. The summed E-state index contributed by atoms with van der Waals surface area (Å²) in [5.41, 5.74) is 3.13. The number of benzene rings is 2. The van der Waals surface area contributed by atoms with Crippen LogP contribution in [0.1, 0.15) is 10.5 Å². The molecule has 0 radical (unpaired) electrons.